The van der Waals surface area contributed by atoms with Gasteiger partial charge in [-0.15, -0.1) is 0 Å². The minimum Gasteiger partial charge on any atom is -0.369 e. The van der Waals surface area contributed by atoms with Gasteiger partial charge >= 0.3 is 0 Å². The van der Waals surface area contributed by atoms with E-state index in [1.807, 2.05) is 20.8 Å². The lowest BCUT2D eigenvalue weighted by molar-refractivity contribution is 0.0353. The summed E-state index contributed by atoms with van der Waals surface area (Å²) < 4.78 is 2.08. The summed E-state index contributed by atoms with van der Waals surface area (Å²) in [6, 6.07) is 4.11. The Bertz CT molecular complexity index is 1030. The zero-order valence-electron chi connectivity index (χ0n) is 17.1. The number of benzene rings is 1. The van der Waals surface area contributed by atoms with Crippen LogP contribution in [0.15, 0.2) is 36.4 Å². The molecule has 1 aromatic heterocycles. The summed E-state index contributed by atoms with van der Waals surface area (Å²) in [6.45, 7) is 6.01. The number of hydrogen-bond acceptors (Lipinski definition) is 4. The molecule has 10 heteroatoms. The van der Waals surface area contributed by atoms with Crippen LogP contribution in [0.2, 0.25) is 0 Å². The topological polar surface area (TPSA) is 47.9 Å². The van der Waals surface area contributed by atoms with E-state index in [4.69, 9.17) is 74.3 Å². The zero-order valence-corrected chi connectivity index (χ0v) is 21.6. The van der Waals surface area contributed by atoms with Crippen molar-refractivity contribution in [2.75, 3.05) is 7.11 Å². The highest BCUT2D eigenvalue weighted by Crippen LogP contribution is 2.56. The average molecular weight is 542 g/mol. The van der Waals surface area contributed by atoms with Gasteiger partial charge in [0.15, 0.2) is 5.82 Å². The molecule has 0 saturated heterocycles. The van der Waals surface area contributed by atoms with Crippen molar-refractivity contribution < 1.29 is 4.74 Å². The van der Waals surface area contributed by atoms with Crippen molar-refractivity contribution in [3.63, 3.8) is 0 Å². The maximum atomic E-state index is 6.44. The first kappa shape index (κ1) is 25.0. The molecule has 0 N–H and O–H groups in total. The third kappa shape index (κ3) is 4.86. The molecule has 1 aromatic carbocycles. The van der Waals surface area contributed by atoms with Crippen LogP contribution in [0.5, 0.6) is 0 Å². The molecule has 0 aliphatic heterocycles. The molecule has 3 rings (SSSR count). The first-order valence-corrected chi connectivity index (χ1v) is 11.4. The fraction of sp³-hybridized carbons (Fsp3) is 0.381. The van der Waals surface area contributed by atoms with Gasteiger partial charge in [-0.3, -0.25) is 0 Å². The van der Waals surface area contributed by atoms with E-state index in [0.717, 1.165) is 22.3 Å². The number of methoxy groups -OCH3 is 1. The second-order valence-electron chi connectivity index (χ2n) is 7.41. The molecule has 4 nitrogen and oxygen atoms in total. The summed E-state index contributed by atoms with van der Waals surface area (Å²) in [4.78, 5) is 12.5. The van der Waals surface area contributed by atoms with E-state index in [9.17, 15) is 0 Å². The van der Waals surface area contributed by atoms with E-state index in [1.165, 1.54) is 19.8 Å². The van der Waals surface area contributed by atoms with E-state index < -0.39 is 13.2 Å². The highest BCUT2D eigenvalue weighted by molar-refractivity contribution is 6.70. The summed E-state index contributed by atoms with van der Waals surface area (Å²) in [7, 11) is 1.45. The predicted molar refractivity (Wildman–Crippen MR) is 130 cm³/mol. The molecule has 2 aromatic rings. The molecular formula is C21H19Cl6N3O. The Morgan fingerprint density at radius 1 is 0.935 bits per heavy atom. The summed E-state index contributed by atoms with van der Waals surface area (Å²) in [5.41, 5.74) is 4.15. The number of rotatable bonds is 3. The number of hydrogen-bond donors (Lipinski definition) is 0. The summed E-state index contributed by atoms with van der Waals surface area (Å²) in [5, 5.41) is 0. The monoisotopic (exact) mass is 539 g/mol. The largest absolute Gasteiger partial charge is 0.369 e. The van der Waals surface area contributed by atoms with Crippen molar-refractivity contribution in [2.24, 2.45) is 0 Å². The van der Waals surface area contributed by atoms with Gasteiger partial charge in [0.25, 0.3) is 0 Å². The Morgan fingerprint density at radius 3 is 1.94 bits per heavy atom. The minimum atomic E-state index is -1.86. The number of alkyl halides is 6. The second-order valence-corrected chi connectivity index (χ2v) is 12.0. The van der Waals surface area contributed by atoms with Crippen molar-refractivity contribution >= 4 is 80.8 Å². The lowest BCUT2D eigenvalue weighted by Gasteiger charge is -2.42. The van der Waals surface area contributed by atoms with Crippen molar-refractivity contribution in [3.05, 3.63) is 64.5 Å². The molecule has 0 saturated carbocycles. The average Bonchev–Trinajstić information content (AvgIpc) is 2.65. The van der Waals surface area contributed by atoms with Crippen LogP contribution in [0.4, 0.5) is 0 Å². The van der Waals surface area contributed by atoms with Crippen LogP contribution >= 0.6 is 69.6 Å². The second kappa shape index (κ2) is 8.98. The Labute approximate surface area is 211 Å². The van der Waals surface area contributed by atoms with E-state index in [0.29, 0.717) is 22.5 Å². The summed E-state index contributed by atoms with van der Waals surface area (Å²) in [6.07, 6.45) is 4.53. The van der Waals surface area contributed by atoms with Gasteiger partial charge in [0.1, 0.15) is 18.3 Å². The first-order chi connectivity index (χ1) is 14.3. The van der Waals surface area contributed by atoms with Gasteiger partial charge in [-0.05, 0) is 54.7 Å². The molecule has 1 atom stereocenters. The highest BCUT2D eigenvalue weighted by Gasteiger charge is 2.53. The molecule has 1 aliphatic rings. The van der Waals surface area contributed by atoms with Crippen molar-refractivity contribution in [3.8, 4) is 0 Å². The summed E-state index contributed by atoms with van der Waals surface area (Å²) in [5.74, 6) is 0.343. The lowest BCUT2D eigenvalue weighted by atomic mass is 9.77. The lowest BCUT2D eigenvalue weighted by Crippen LogP contribution is -2.46. The fourth-order valence-electron chi connectivity index (χ4n) is 3.97. The Morgan fingerprint density at radius 2 is 1.48 bits per heavy atom. The van der Waals surface area contributed by atoms with Gasteiger partial charge in [-0.1, -0.05) is 87.3 Å². The van der Waals surface area contributed by atoms with Gasteiger partial charge in [-0.2, -0.15) is 0 Å². The third-order valence-corrected chi connectivity index (χ3v) is 6.88. The zero-order chi connectivity index (χ0) is 23.2. The van der Waals surface area contributed by atoms with Gasteiger partial charge < -0.3 is 4.74 Å². The predicted octanol–water partition coefficient (Wildman–Crippen LogP) is 7.16. The molecule has 1 heterocycles. The van der Waals surface area contributed by atoms with Crippen molar-refractivity contribution in [1.29, 1.82) is 0 Å². The number of ether oxygens (including phenoxy) is 1. The van der Waals surface area contributed by atoms with Crippen LogP contribution in [0, 0.1) is 20.8 Å². The number of nitrogens with zero attached hydrogens (tertiary/aromatic N) is 3. The normalized spacial score (nSPS) is 20.1. The van der Waals surface area contributed by atoms with Crippen LogP contribution in [-0.2, 0) is 4.74 Å². The van der Waals surface area contributed by atoms with Crippen molar-refractivity contribution in [2.45, 2.75) is 40.4 Å². The fourth-order valence-corrected chi connectivity index (χ4v) is 5.05. The molecule has 1 unspecified atom stereocenters. The molecule has 0 spiro atoms. The molecular weight excluding hydrogens is 523 g/mol. The highest BCUT2D eigenvalue weighted by atomic mass is 35.6. The van der Waals surface area contributed by atoms with E-state index >= 15 is 0 Å². The van der Waals surface area contributed by atoms with Gasteiger partial charge in [0.05, 0.1) is 0 Å². The maximum absolute atomic E-state index is 6.44. The Hall–Kier alpha value is -0.590. The number of halogens is 6. The van der Waals surface area contributed by atoms with Crippen LogP contribution in [0.1, 0.15) is 34.5 Å². The number of aryl methyl sites for hydroxylation is 3. The molecule has 31 heavy (non-hydrogen) atoms. The first-order valence-electron chi connectivity index (χ1n) is 9.17. The number of aromatic nitrogens is 3. The minimum absolute atomic E-state index is 0.00493. The molecule has 166 valence electrons. The SMILES string of the molecule is COC1(C(Cl)(Cl)Cl)C=C(c2c(C)cc(C)cc2C)C(c2ncncn2)=C(C(Cl)(Cl)Cl)C1. The van der Waals surface area contributed by atoms with Crippen molar-refractivity contribution in [1.82, 2.24) is 15.0 Å². The molecule has 1 aliphatic carbocycles. The third-order valence-electron chi connectivity index (χ3n) is 5.24. The van der Waals surface area contributed by atoms with E-state index in [-0.39, 0.29) is 6.42 Å². The molecule has 0 amide bonds. The van der Waals surface area contributed by atoms with E-state index in [1.54, 1.807) is 6.08 Å². The van der Waals surface area contributed by atoms with Gasteiger partial charge in [0, 0.05) is 19.1 Å². The number of allylic oxidation sites excluding steroid dienone is 2. The molecule has 0 radical (unpaired) electrons. The Kier molecular flexibility index (Phi) is 7.25. The van der Waals surface area contributed by atoms with Crippen LogP contribution in [0.3, 0.4) is 0 Å². The van der Waals surface area contributed by atoms with Gasteiger partial charge in [-0.25, -0.2) is 15.0 Å². The maximum Gasteiger partial charge on any atom is 0.222 e. The van der Waals surface area contributed by atoms with E-state index in [2.05, 4.69) is 27.1 Å². The molecule has 0 bridgehead atoms. The van der Waals surface area contributed by atoms with Crippen LogP contribution in [0.25, 0.3) is 11.1 Å². The smallest absolute Gasteiger partial charge is 0.222 e. The van der Waals surface area contributed by atoms with Crippen LogP contribution < -0.4 is 0 Å². The standard InChI is InChI=1S/C21H19Cl6N3O/c1-11-5-12(2)16(13(3)6-11)14-7-19(31-4,21(25,26)27)8-15(20(22,23)24)17(14)18-29-9-28-10-30-18/h5-7,9-10H,8H2,1-4H3. The molecule has 0 fully saturated rings. The van der Waals surface area contributed by atoms with Gasteiger partial charge in [0.2, 0.25) is 7.59 Å². The Balaban J connectivity index is 2.48. The summed E-state index contributed by atoms with van der Waals surface area (Å²) >= 11 is 38.5. The van der Waals surface area contributed by atoms with Crippen LogP contribution in [-0.4, -0.2) is 35.2 Å². The quantitative estimate of drug-likeness (QED) is 0.387.